The Morgan fingerprint density at radius 1 is 1.12 bits per heavy atom. The third-order valence-electron chi connectivity index (χ3n) is 6.57. The van der Waals surface area contributed by atoms with E-state index in [9.17, 15) is 19.5 Å². The highest BCUT2D eigenvalue weighted by atomic mass is 32.1. The van der Waals surface area contributed by atoms with Gasteiger partial charge in [0.05, 0.1) is 34.0 Å². The number of hydrogen-bond acceptors (Lipinski definition) is 8. The average Bonchev–Trinajstić information content (AvgIpc) is 3.52. The van der Waals surface area contributed by atoms with Crippen LogP contribution in [0.25, 0.3) is 17.4 Å². The minimum atomic E-state index is -1.06. The molecule has 2 aromatic carbocycles. The van der Waals surface area contributed by atoms with Crippen molar-refractivity contribution >= 4 is 35.0 Å². The first-order valence-corrected chi connectivity index (χ1v) is 13.4. The molecule has 1 N–H and O–H groups in total. The van der Waals surface area contributed by atoms with E-state index in [0.29, 0.717) is 37.7 Å². The number of aromatic nitrogens is 1. The average molecular weight is 558 g/mol. The molecule has 0 amide bonds. The molecule has 3 heterocycles. The summed E-state index contributed by atoms with van der Waals surface area (Å²) in [5.41, 5.74) is 2.75. The molecule has 0 bridgehead atoms. The highest BCUT2D eigenvalue weighted by Gasteiger charge is 2.33. The van der Waals surface area contributed by atoms with Gasteiger partial charge in [0, 0.05) is 31.4 Å². The summed E-state index contributed by atoms with van der Waals surface area (Å²) in [6.07, 6.45) is 1.60. The summed E-state index contributed by atoms with van der Waals surface area (Å²) in [6, 6.07) is 16.8. The Morgan fingerprint density at radius 2 is 1.85 bits per heavy atom. The van der Waals surface area contributed by atoms with E-state index >= 15 is 0 Å². The van der Waals surface area contributed by atoms with E-state index < -0.39 is 18.0 Å². The van der Waals surface area contributed by atoms with Crippen LogP contribution in [0, 0.1) is 0 Å². The lowest BCUT2D eigenvalue weighted by Gasteiger charge is -2.25. The molecule has 1 aliphatic rings. The molecule has 0 saturated heterocycles. The van der Waals surface area contributed by atoms with Crippen LogP contribution in [-0.4, -0.2) is 42.3 Å². The maximum Gasteiger partial charge on any atom is 0.338 e. The second kappa shape index (κ2) is 10.8. The van der Waals surface area contributed by atoms with Crippen molar-refractivity contribution in [2.75, 3.05) is 25.6 Å². The Labute approximate surface area is 233 Å². The van der Waals surface area contributed by atoms with Gasteiger partial charge in [-0.2, -0.15) is 0 Å². The number of rotatable bonds is 7. The number of esters is 1. The fourth-order valence-corrected chi connectivity index (χ4v) is 5.68. The number of benzene rings is 2. The number of hydrogen-bond donors (Lipinski definition) is 1. The van der Waals surface area contributed by atoms with Crippen LogP contribution in [0.1, 0.15) is 41.6 Å². The number of carboxylic acid groups (broad SMARTS) is 1. The molecule has 1 atom stereocenters. The minimum absolute atomic E-state index is 0.116. The summed E-state index contributed by atoms with van der Waals surface area (Å²) >= 11 is 1.19. The van der Waals surface area contributed by atoms with Crippen LogP contribution in [0.4, 0.5) is 5.69 Å². The molecule has 40 heavy (non-hydrogen) atoms. The number of anilines is 1. The van der Waals surface area contributed by atoms with Crippen LogP contribution in [-0.2, 0) is 9.53 Å². The Hall–Kier alpha value is -4.70. The van der Waals surface area contributed by atoms with E-state index in [4.69, 9.17) is 9.15 Å². The second-order valence-electron chi connectivity index (χ2n) is 9.34. The number of nitrogens with zero attached hydrogens (tertiary/aromatic N) is 3. The molecule has 5 rings (SSSR count). The van der Waals surface area contributed by atoms with Gasteiger partial charge in [-0.3, -0.25) is 9.36 Å². The summed E-state index contributed by atoms with van der Waals surface area (Å²) in [6.45, 7) is 3.66. The molecule has 0 spiro atoms. The lowest BCUT2D eigenvalue weighted by atomic mass is 9.95. The third kappa shape index (κ3) is 4.89. The normalized spacial score (nSPS) is 15.0. The van der Waals surface area contributed by atoms with Gasteiger partial charge < -0.3 is 19.2 Å². The number of fused-ring (bicyclic) bond motifs is 1. The van der Waals surface area contributed by atoms with Crippen LogP contribution in [0.3, 0.4) is 0 Å². The zero-order valence-electron chi connectivity index (χ0n) is 22.4. The van der Waals surface area contributed by atoms with E-state index in [1.807, 2.05) is 43.3 Å². The molecule has 0 fully saturated rings. The zero-order valence-corrected chi connectivity index (χ0v) is 23.2. The fraction of sp³-hybridized carbons (Fsp3) is 0.200. The number of aromatic carboxylic acids is 1. The van der Waals surface area contributed by atoms with E-state index in [2.05, 4.69) is 4.99 Å². The molecule has 9 nitrogen and oxygen atoms in total. The number of carboxylic acids is 1. The number of furan rings is 1. The number of carbonyl (C=O) groups is 2. The quantitative estimate of drug-likeness (QED) is 0.344. The SMILES string of the molecule is CCOC(=O)C1=C(C)N=c2sc(=Cc3ccc(-c4ccccc4C(=O)O)o3)c(=O)n2[C@@H]1c1ccc(N(C)C)cc1. The van der Waals surface area contributed by atoms with Gasteiger partial charge >= 0.3 is 11.9 Å². The minimum Gasteiger partial charge on any atom is -0.478 e. The molecule has 0 aliphatic carbocycles. The van der Waals surface area contributed by atoms with Crippen molar-refractivity contribution in [1.29, 1.82) is 0 Å². The first-order chi connectivity index (χ1) is 19.2. The van der Waals surface area contributed by atoms with Crippen LogP contribution in [0.15, 0.2) is 86.1 Å². The number of allylic oxidation sites excluding steroid dienone is 1. The molecule has 10 heteroatoms. The van der Waals surface area contributed by atoms with Crippen molar-refractivity contribution in [3.63, 3.8) is 0 Å². The summed E-state index contributed by atoms with van der Waals surface area (Å²) in [5.74, 6) is -0.828. The van der Waals surface area contributed by atoms with Gasteiger partial charge in [-0.15, -0.1) is 0 Å². The number of carbonyl (C=O) groups excluding carboxylic acids is 1. The molecule has 0 saturated carbocycles. The molecule has 2 aromatic heterocycles. The monoisotopic (exact) mass is 557 g/mol. The highest BCUT2D eigenvalue weighted by molar-refractivity contribution is 7.07. The summed E-state index contributed by atoms with van der Waals surface area (Å²) < 4.78 is 13.2. The van der Waals surface area contributed by atoms with Crippen molar-refractivity contribution < 1.29 is 23.8 Å². The largest absolute Gasteiger partial charge is 0.478 e. The van der Waals surface area contributed by atoms with Crippen molar-refractivity contribution in [1.82, 2.24) is 4.57 Å². The van der Waals surface area contributed by atoms with E-state index in [-0.39, 0.29) is 17.7 Å². The predicted molar refractivity (Wildman–Crippen MR) is 152 cm³/mol. The lowest BCUT2D eigenvalue weighted by molar-refractivity contribution is -0.139. The molecular formula is C30H27N3O6S. The first-order valence-electron chi connectivity index (χ1n) is 12.6. The standard InChI is InChI=1S/C30H27N3O6S/c1-5-38-29(37)25-17(2)31-30-33(26(25)18-10-12-19(13-11-18)32(3)4)27(34)24(40-30)16-20-14-15-23(39-20)21-8-6-7-9-22(21)28(35)36/h6-16,26H,5H2,1-4H3,(H,35,36)/t26-/m1/s1. The molecule has 0 unspecified atom stereocenters. The van der Waals surface area contributed by atoms with Crippen LogP contribution in [0.2, 0.25) is 0 Å². The van der Waals surface area contributed by atoms with Crippen molar-refractivity contribution in [3.8, 4) is 11.3 Å². The molecule has 1 aliphatic heterocycles. The Kier molecular flexibility index (Phi) is 7.27. The fourth-order valence-electron chi connectivity index (χ4n) is 4.65. The van der Waals surface area contributed by atoms with Crippen molar-refractivity contribution in [2.45, 2.75) is 19.9 Å². The smallest absolute Gasteiger partial charge is 0.338 e. The van der Waals surface area contributed by atoms with Gasteiger partial charge in [-0.25, -0.2) is 14.6 Å². The summed E-state index contributed by atoms with van der Waals surface area (Å²) in [5, 5.41) is 9.53. The van der Waals surface area contributed by atoms with Gasteiger partial charge in [-0.1, -0.05) is 41.7 Å². The second-order valence-corrected chi connectivity index (χ2v) is 10.4. The van der Waals surface area contributed by atoms with Crippen LogP contribution in [0.5, 0.6) is 0 Å². The summed E-state index contributed by atoms with van der Waals surface area (Å²) in [7, 11) is 3.87. The summed E-state index contributed by atoms with van der Waals surface area (Å²) in [4.78, 5) is 45.5. The number of ether oxygens (including phenoxy) is 1. The lowest BCUT2D eigenvalue weighted by Crippen LogP contribution is -2.39. The number of thiazole rings is 1. The van der Waals surface area contributed by atoms with E-state index in [1.165, 1.54) is 22.0 Å². The third-order valence-corrected chi connectivity index (χ3v) is 7.55. The molecule has 204 valence electrons. The van der Waals surface area contributed by atoms with Crippen LogP contribution >= 0.6 is 11.3 Å². The van der Waals surface area contributed by atoms with Crippen molar-refractivity contribution in [3.05, 3.63) is 109 Å². The van der Waals surface area contributed by atoms with Gasteiger partial charge in [0.15, 0.2) is 4.80 Å². The maximum absolute atomic E-state index is 13.8. The highest BCUT2D eigenvalue weighted by Crippen LogP contribution is 2.32. The molecular weight excluding hydrogens is 530 g/mol. The van der Waals surface area contributed by atoms with E-state index in [1.54, 1.807) is 50.3 Å². The van der Waals surface area contributed by atoms with Gasteiger partial charge in [0.1, 0.15) is 11.5 Å². The first kappa shape index (κ1) is 26.9. The Morgan fingerprint density at radius 3 is 2.52 bits per heavy atom. The van der Waals surface area contributed by atoms with Gasteiger partial charge in [0.2, 0.25) is 0 Å². The Bertz CT molecular complexity index is 1830. The molecule has 0 radical (unpaired) electrons. The topological polar surface area (TPSA) is 114 Å². The van der Waals surface area contributed by atoms with Crippen LogP contribution < -0.4 is 19.8 Å². The van der Waals surface area contributed by atoms with E-state index in [0.717, 1.165) is 11.3 Å². The zero-order chi connectivity index (χ0) is 28.6. The maximum atomic E-state index is 13.8. The molecule has 4 aromatic rings. The van der Waals surface area contributed by atoms with Crippen molar-refractivity contribution in [2.24, 2.45) is 4.99 Å². The predicted octanol–water partition coefficient (Wildman–Crippen LogP) is 3.82. The van der Waals surface area contributed by atoms with Gasteiger partial charge in [0.25, 0.3) is 5.56 Å². The Balaban J connectivity index is 1.63. The van der Waals surface area contributed by atoms with Gasteiger partial charge in [-0.05, 0) is 49.7 Å².